The molecule has 234 valence electrons. The first-order valence-electron chi connectivity index (χ1n) is 17.0. The molecule has 3 heteroatoms. The summed E-state index contributed by atoms with van der Waals surface area (Å²) in [5, 5.41) is 0. The normalized spacial score (nSPS) is 13.1. The molecule has 1 aliphatic carbocycles. The summed E-state index contributed by atoms with van der Waals surface area (Å²) in [6.45, 7) is 0. The molecule has 7 aromatic carbocycles. The Kier molecular flexibility index (Phi) is 6.40. The smallest absolute Gasteiger partial charge is 0.160 e. The number of para-hydroxylation sites is 1. The molecular formula is C47H30N2O. The monoisotopic (exact) mass is 638 g/mol. The molecule has 3 nitrogen and oxygen atoms in total. The van der Waals surface area contributed by atoms with Gasteiger partial charge >= 0.3 is 0 Å². The van der Waals surface area contributed by atoms with Gasteiger partial charge in [0.25, 0.3) is 0 Å². The lowest BCUT2D eigenvalue weighted by molar-refractivity contribution is 0.436. The molecule has 1 aliphatic heterocycles. The maximum Gasteiger partial charge on any atom is 0.160 e. The average molecular weight is 639 g/mol. The third-order valence-corrected chi connectivity index (χ3v) is 10.2. The Morgan fingerprint density at radius 2 is 0.820 bits per heavy atom. The van der Waals surface area contributed by atoms with Gasteiger partial charge in [-0.1, -0.05) is 164 Å². The largest absolute Gasteiger partial charge is 0.457 e. The van der Waals surface area contributed by atoms with Gasteiger partial charge in [0.2, 0.25) is 0 Å². The van der Waals surface area contributed by atoms with Crippen LogP contribution < -0.4 is 4.74 Å². The van der Waals surface area contributed by atoms with Gasteiger partial charge in [0.15, 0.2) is 5.82 Å². The van der Waals surface area contributed by atoms with Gasteiger partial charge in [0, 0.05) is 27.8 Å². The molecule has 0 radical (unpaired) electrons. The van der Waals surface area contributed by atoms with Crippen molar-refractivity contribution in [3.63, 3.8) is 0 Å². The zero-order valence-corrected chi connectivity index (χ0v) is 27.1. The summed E-state index contributed by atoms with van der Waals surface area (Å²) >= 11 is 0. The number of hydrogen-bond donors (Lipinski definition) is 0. The van der Waals surface area contributed by atoms with E-state index in [1.165, 1.54) is 33.4 Å². The van der Waals surface area contributed by atoms with Crippen LogP contribution in [0.25, 0.3) is 56.2 Å². The predicted molar refractivity (Wildman–Crippen MR) is 201 cm³/mol. The van der Waals surface area contributed by atoms with Gasteiger partial charge in [-0.05, 0) is 51.6 Å². The van der Waals surface area contributed by atoms with Crippen LogP contribution in [-0.4, -0.2) is 9.97 Å². The Morgan fingerprint density at radius 1 is 0.340 bits per heavy atom. The van der Waals surface area contributed by atoms with Gasteiger partial charge in [0.05, 0.1) is 16.8 Å². The second-order valence-corrected chi connectivity index (χ2v) is 12.9. The van der Waals surface area contributed by atoms with Crippen molar-refractivity contribution in [1.82, 2.24) is 9.97 Å². The van der Waals surface area contributed by atoms with E-state index in [2.05, 4.69) is 158 Å². The van der Waals surface area contributed by atoms with Crippen LogP contribution in [0.15, 0.2) is 182 Å². The molecule has 8 aromatic rings. The van der Waals surface area contributed by atoms with Gasteiger partial charge in [-0.2, -0.15) is 0 Å². The predicted octanol–water partition coefficient (Wildman–Crippen LogP) is 11.6. The van der Waals surface area contributed by atoms with Gasteiger partial charge in [-0.15, -0.1) is 0 Å². The van der Waals surface area contributed by atoms with E-state index >= 15 is 0 Å². The highest BCUT2D eigenvalue weighted by molar-refractivity contribution is 5.89. The fourth-order valence-corrected chi connectivity index (χ4v) is 7.94. The van der Waals surface area contributed by atoms with E-state index in [9.17, 15) is 0 Å². The quantitative estimate of drug-likeness (QED) is 0.192. The molecule has 2 heterocycles. The average Bonchev–Trinajstić information content (AvgIpc) is 3.49. The van der Waals surface area contributed by atoms with Crippen molar-refractivity contribution in [3.8, 4) is 67.7 Å². The van der Waals surface area contributed by atoms with E-state index in [-0.39, 0.29) is 0 Å². The molecule has 1 aromatic heterocycles. The third kappa shape index (κ3) is 4.30. The maximum atomic E-state index is 6.80. The van der Waals surface area contributed by atoms with Crippen LogP contribution in [0.4, 0.5) is 0 Å². The van der Waals surface area contributed by atoms with Crippen molar-refractivity contribution in [2.75, 3.05) is 0 Å². The molecule has 10 rings (SSSR count). The summed E-state index contributed by atoms with van der Waals surface area (Å²) in [4.78, 5) is 10.2. The zero-order chi connectivity index (χ0) is 33.1. The van der Waals surface area contributed by atoms with Crippen molar-refractivity contribution in [3.05, 3.63) is 204 Å². The first-order chi connectivity index (χ1) is 24.8. The molecular weight excluding hydrogens is 609 g/mol. The van der Waals surface area contributed by atoms with Crippen LogP contribution in [0, 0.1) is 0 Å². The summed E-state index contributed by atoms with van der Waals surface area (Å²) in [5.74, 6) is 2.39. The summed E-state index contributed by atoms with van der Waals surface area (Å²) in [7, 11) is 0. The lowest BCUT2D eigenvalue weighted by Gasteiger charge is -2.39. The molecule has 2 aliphatic rings. The second-order valence-electron chi connectivity index (χ2n) is 12.9. The zero-order valence-electron chi connectivity index (χ0n) is 27.1. The van der Waals surface area contributed by atoms with Crippen molar-refractivity contribution >= 4 is 0 Å². The molecule has 0 saturated carbocycles. The number of benzene rings is 7. The number of hydrogen-bond acceptors (Lipinski definition) is 3. The van der Waals surface area contributed by atoms with Crippen molar-refractivity contribution in [1.29, 1.82) is 0 Å². The summed E-state index contributed by atoms with van der Waals surface area (Å²) in [5.41, 5.74) is 13.9. The molecule has 1 spiro atoms. The molecule has 0 amide bonds. The van der Waals surface area contributed by atoms with Gasteiger partial charge in [-0.25, -0.2) is 9.97 Å². The molecule has 0 N–H and O–H groups in total. The number of ether oxygens (including phenoxy) is 1. The highest BCUT2D eigenvalue weighted by atomic mass is 16.5. The lowest BCUT2D eigenvalue weighted by atomic mass is 9.66. The summed E-state index contributed by atoms with van der Waals surface area (Å²) < 4.78 is 6.80. The van der Waals surface area contributed by atoms with Crippen LogP contribution in [0.1, 0.15) is 22.3 Å². The summed E-state index contributed by atoms with van der Waals surface area (Å²) in [6, 6.07) is 64.1. The number of rotatable bonds is 4. The van der Waals surface area contributed by atoms with E-state index in [4.69, 9.17) is 14.7 Å². The van der Waals surface area contributed by atoms with Crippen molar-refractivity contribution < 1.29 is 4.74 Å². The van der Waals surface area contributed by atoms with Crippen molar-refractivity contribution in [2.24, 2.45) is 0 Å². The number of fused-ring (bicyclic) bond motifs is 9. The fourth-order valence-electron chi connectivity index (χ4n) is 7.94. The Bertz CT molecular complexity index is 2510. The Labute approximate surface area is 291 Å². The summed E-state index contributed by atoms with van der Waals surface area (Å²) in [6.07, 6.45) is 0. The van der Waals surface area contributed by atoms with Crippen LogP contribution in [0.5, 0.6) is 11.5 Å². The highest BCUT2D eigenvalue weighted by Crippen LogP contribution is 2.62. The van der Waals surface area contributed by atoms with E-state index in [0.29, 0.717) is 5.82 Å². The molecule has 0 fully saturated rings. The topological polar surface area (TPSA) is 35.0 Å². The van der Waals surface area contributed by atoms with Gasteiger partial charge < -0.3 is 4.74 Å². The Balaban J connectivity index is 1.15. The first kappa shape index (κ1) is 28.4. The minimum atomic E-state index is -0.498. The van der Waals surface area contributed by atoms with E-state index in [0.717, 1.165) is 50.7 Å². The van der Waals surface area contributed by atoms with Crippen LogP contribution in [0.2, 0.25) is 0 Å². The fraction of sp³-hybridized carbons (Fsp3) is 0.0213. The van der Waals surface area contributed by atoms with Gasteiger partial charge in [0.1, 0.15) is 11.5 Å². The van der Waals surface area contributed by atoms with E-state index < -0.39 is 5.41 Å². The Morgan fingerprint density at radius 3 is 1.50 bits per heavy atom. The highest BCUT2D eigenvalue weighted by Gasteiger charge is 2.50. The Hall–Kier alpha value is -6.58. The maximum absolute atomic E-state index is 6.80. The van der Waals surface area contributed by atoms with E-state index in [1.54, 1.807) is 0 Å². The second kappa shape index (κ2) is 11.3. The third-order valence-electron chi connectivity index (χ3n) is 10.2. The van der Waals surface area contributed by atoms with Crippen LogP contribution in [0.3, 0.4) is 0 Å². The molecule has 0 atom stereocenters. The molecule has 0 saturated heterocycles. The van der Waals surface area contributed by atoms with Crippen LogP contribution >= 0.6 is 0 Å². The number of aromatic nitrogens is 2. The number of nitrogens with zero attached hydrogens (tertiary/aromatic N) is 2. The van der Waals surface area contributed by atoms with Crippen LogP contribution in [-0.2, 0) is 5.41 Å². The van der Waals surface area contributed by atoms with E-state index in [1.807, 2.05) is 24.3 Å². The SMILES string of the molecule is c1ccc(-c2ccc(-c3cc(-c4ccc5c(c4)Oc4ccccc4C54c5ccccc5-c5ccccc54)nc(-c4ccccc4)n3)cc2)cc1. The van der Waals surface area contributed by atoms with Crippen molar-refractivity contribution in [2.45, 2.75) is 5.41 Å². The molecule has 0 unspecified atom stereocenters. The first-order valence-corrected chi connectivity index (χ1v) is 17.0. The standard InChI is InChI=1S/C47H30N2O/c1-3-13-31(14-4-1)32-23-25-33(26-24-32)42-30-43(49-46(48-42)34-15-5-2-6-16-34)35-27-28-41-45(29-35)50-44-22-12-11-21-40(44)47(41)38-19-9-7-17-36(38)37-18-8-10-20-39(37)47/h1-30H. The van der Waals surface area contributed by atoms with Gasteiger partial charge in [-0.3, -0.25) is 0 Å². The molecule has 0 bridgehead atoms. The minimum absolute atomic E-state index is 0.498. The minimum Gasteiger partial charge on any atom is -0.457 e. The molecule has 50 heavy (non-hydrogen) atoms. The lowest BCUT2D eigenvalue weighted by Crippen LogP contribution is -2.32.